The molecule has 0 aliphatic rings. The summed E-state index contributed by atoms with van der Waals surface area (Å²) < 4.78 is 7.35. The summed E-state index contributed by atoms with van der Waals surface area (Å²) in [6.07, 6.45) is 1.04. The van der Waals surface area contributed by atoms with E-state index in [2.05, 4.69) is 5.10 Å². The standard InChI is InChI=1S/C14H14N2O2/c1-9-11(8-16(2)15-9)14(17)13-7-10-5-3-4-6-12(10)18-13/h3-8,14,17H,1-2H3. The van der Waals surface area contributed by atoms with Gasteiger partial charge in [-0.3, -0.25) is 4.68 Å². The second-order valence-electron chi connectivity index (χ2n) is 4.43. The highest BCUT2D eigenvalue weighted by Crippen LogP contribution is 2.29. The molecule has 92 valence electrons. The highest BCUT2D eigenvalue weighted by Gasteiger charge is 2.19. The molecule has 2 heterocycles. The Kier molecular flexibility index (Phi) is 2.45. The predicted molar refractivity (Wildman–Crippen MR) is 68.2 cm³/mol. The van der Waals surface area contributed by atoms with E-state index in [0.29, 0.717) is 5.76 Å². The first-order valence-electron chi connectivity index (χ1n) is 5.82. The molecule has 0 amide bonds. The van der Waals surface area contributed by atoms with Gasteiger partial charge in [-0.05, 0) is 19.1 Å². The molecule has 0 bridgehead atoms. The van der Waals surface area contributed by atoms with Crippen molar-refractivity contribution in [2.75, 3.05) is 0 Å². The van der Waals surface area contributed by atoms with Crippen molar-refractivity contribution in [1.82, 2.24) is 9.78 Å². The minimum Gasteiger partial charge on any atom is -0.458 e. The third-order valence-corrected chi connectivity index (χ3v) is 3.06. The Morgan fingerprint density at radius 1 is 1.33 bits per heavy atom. The Bertz CT molecular complexity index is 664. The quantitative estimate of drug-likeness (QED) is 0.751. The molecule has 4 heteroatoms. The summed E-state index contributed by atoms with van der Waals surface area (Å²) in [5, 5.41) is 15.6. The average Bonchev–Trinajstić information content (AvgIpc) is 2.91. The lowest BCUT2D eigenvalue weighted by molar-refractivity contribution is 0.191. The van der Waals surface area contributed by atoms with Crippen LogP contribution in [0, 0.1) is 6.92 Å². The zero-order chi connectivity index (χ0) is 12.7. The lowest BCUT2D eigenvalue weighted by Crippen LogP contribution is -1.98. The summed E-state index contributed by atoms with van der Waals surface area (Å²) in [5.74, 6) is 0.548. The maximum atomic E-state index is 10.3. The summed E-state index contributed by atoms with van der Waals surface area (Å²) in [5.41, 5.74) is 2.37. The summed E-state index contributed by atoms with van der Waals surface area (Å²) >= 11 is 0. The molecular weight excluding hydrogens is 228 g/mol. The molecule has 3 rings (SSSR count). The lowest BCUT2D eigenvalue weighted by Gasteiger charge is -2.05. The van der Waals surface area contributed by atoms with Gasteiger partial charge < -0.3 is 9.52 Å². The zero-order valence-corrected chi connectivity index (χ0v) is 10.3. The number of aryl methyl sites for hydroxylation is 2. The van der Waals surface area contributed by atoms with Crippen LogP contribution in [0.25, 0.3) is 11.0 Å². The van der Waals surface area contributed by atoms with Gasteiger partial charge in [0.25, 0.3) is 0 Å². The van der Waals surface area contributed by atoms with Crippen molar-refractivity contribution in [3.05, 3.63) is 53.5 Å². The zero-order valence-electron chi connectivity index (χ0n) is 10.3. The van der Waals surface area contributed by atoms with Crippen LogP contribution in [0.5, 0.6) is 0 Å². The van der Waals surface area contributed by atoms with Gasteiger partial charge in [-0.2, -0.15) is 5.10 Å². The Hall–Kier alpha value is -2.07. The number of hydrogen-bond acceptors (Lipinski definition) is 3. The highest BCUT2D eigenvalue weighted by molar-refractivity contribution is 5.77. The average molecular weight is 242 g/mol. The molecule has 1 aromatic carbocycles. The first-order valence-corrected chi connectivity index (χ1v) is 5.82. The molecule has 1 atom stereocenters. The fourth-order valence-corrected chi connectivity index (χ4v) is 2.18. The monoisotopic (exact) mass is 242 g/mol. The molecule has 4 nitrogen and oxygen atoms in total. The number of benzene rings is 1. The van der Waals surface area contributed by atoms with Crippen LogP contribution in [-0.2, 0) is 7.05 Å². The van der Waals surface area contributed by atoms with E-state index in [1.165, 1.54) is 0 Å². The van der Waals surface area contributed by atoms with Crippen molar-refractivity contribution in [3.63, 3.8) is 0 Å². The topological polar surface area (TPSA) is 51.2 Å². The Morgan fingerprint density at radius 2 is 2.11 bits per heavy atom. The van der Waals surface area contributed by atoms with Crippen molar-refractivity contribution in [3.8, 4) is 0 Å². The van der Waals surface area contributed by atoms with E-state index >= 15 is 0 Å². The molecule has 0 saturated carbocycles. The second kappa shape index (κ2) is 3.99. The van der Waals surface area contributed by atoms with Crippen LogP contribution >= 0.6 is 0 Å². The van der Waals surface area contributed by atoms with Crippen LogP contribution in [0.15, 0.2) is 40.9 Å². The number of hydrogen-bond donors (Lipinski definition) is 1. The number of nitrogens with zero attached hydrogens (tertiary/aromatic N) is 2. The second-order valence-corrected chi connectivity index (χ2v) is 4.43. The number of aliphatic hydroxyl groups is 1. The first kappa shape index (κ1) is 11.0. The van der Waals surface area contributed by atoms with Gasteiger partial charge in [-0.25, -0.2) is 0 Å². The van der Waals surface area contributed by atoms with Crippen LogP contribution in [0.1, 0.15) is 23.1 Å². The van der Waals surface area contributed by atoms with E-state index in [1.54, 1.807) is 4.68 Å². The smallest absolute Gasteiger partial charge is 0.140 e. The van der Waals surface area contributed by atoms with Gasteiger partial charge in [-0.1, -0.05) is 18.2 Å². The highest BCUT2D eigenvalue weighted by atomic mass is 16.4. The normalized spacial score (nSPS) is 13.1. The van der Waals surface area contributed by atoms with Crippen molar-refractivity contribution in [1.29, 1.82) is 0 Å². The minimum absolute atomic E-state index is 0.548. The van der Waals surface area contributed by atoms with Crippen molar-refractivity contribution in [2.45, 2.75) is 13.0 Å². The van der Waals surface area contributed by atoms with Crippen LogP contribution < -0.4 is 0 Å². The van der Waals surface area contributed by atoms with Crippen molar-refractivity contribution < 1.29 is 9.52 Å². The van der Waals surface area contributed by atoms with Gasteiger partial charge in [-0.15, -0.1) is 0 Å². The largest absolute Gasteiger partial charge is 0.458 e. The van der Waals surface area contributed by atoms with E-state index in [4.69, 9.17) is 4.42 Å². The molecule has 0 fully saturated rings. The molecule has 0 spiro atoms. The predicted octanol–water partition coefficient (Wildman–Crippen LogP) is 2.56. The van der Waals surface area contributed by atoms with E-state index in [9.17, 15) is 5.11 Å². The van der Waals surface area contributed by atoms with Crippen LogP contribution in [0.2, 0.25) is 0 Å². The Morgan fingerprint density at radius 3 is 2.78 bits per heavy atom. The molecular formula is C14H14N2O2. The summed E-state index contributed by atoms with van der Waals surface area (Å²) in [6.45, 7) is 1.88. The number of aliphatic hydroxyl groups excluding tert-OH is 1. The molecule has 0 radical (unpaired) electrons. The third-order valence-electron chi connectivity index (χ3n) is 3.06. The van der Waals surface area contributed by atoms with Gasteiger partial charge in [0.1, 0.15) is 17.4 Å². The lowest BCUT2D eigenvalue weighted by atomic mass is 10.1. The molecule has 1 unspecified atom stereocenters. The summed E-state index contributed by atoms with van der Waals surface area (Å²) in [7, 11) is 1.84. The van der Waals surface area contributed by atoms with Crippen LogP contribution in [0.3, 0.4) is 0 Å². The maximum absolute atomic E-state index is 10.3. The molecule has 2 aromatic heterocycles. The molecule has 3 aromatic rings. The van der Waals surface area contributed by atoms with Gasteiger partial charge >= 0.3 is 0 Å². The number of aromatic nitrogens is 2. The van der Waals surface area contributed by atoms with E-state index in [-0.39, 0.29) is 0 Å². The van der Waals surface area contributed by atoms with Gasteiger partial charge in [0.2, 0.25) is 0 Å². The number of rotatable bonds is 2. The van der Waals surface area contributed by atoms with Gasteiger partial charge in [0.05, 0.1) is 5.69 Å². The fourth-order valence-electron chi connectivity index (χ4n) is 2.18. The van der Waals surface area contributed by atoms with Gasteiger partial charge in [0.15, 0.2) is 0 Å². The Labute approximate surface area is 104 Å². The first-order chi connectivity index (χ1) is 8.65. The molecule has 18 heavy (non-hydrogen) atoms. The Balaban J connectivity index is 2.06. The van der Waals surface area contributed by atoms with Gasteiger partial charge in [0, 0.05) is 24.2 Å². The molecule has 0 aliphatic carbocycles. The fraction of sp³-hybridized carbons (Fsp3) is 0.214. The third kappa shape index (κ3) is 1.71. The minimum atomic E-state index is -0.772. The molecule has 1 N–H and O–H groups in total. The van der Waals surface area contributed by atoms with E-state index < -0.39 is 6.10 Å². The number of furan rings is 1. The molecule has 0 saturated heterocycles. The molecule has 0 aliphatic heterocycles. The van der Waals surface area contributed by atoms with E-state index in [0.717, 1.165) is 22.2 Å². The van der Waals surface area contributed by atoms with E-state index in [1.807, 2.05) is 50.5 Å². The van der Waals surface area contributed by atoms with Crippen LogP contribution in [-0.4, -0.2) is 14.9 Å². The SMILES string of the molecule is Cc1nn(C)cc1C(O)c1cc2ccccc2o1. The maximum Gasteiger partial charge on any atom is 0.140 e. The summed E-state index contributed by atoms with van der Waals surface area (Å²) in [4.78, 5) is 0. The van der Waals surface area contributed by atoms with Crippen LogP contribution in [0.4, 0.5) is 0 Å². The summed E-state index contributed by atoms with van der Waals surface area (Å²) in [6, 6.07) is 9.58. The van der Waals surface area contributed by atoms with Crippen molar-refractivity contribution in [2.24, 2.45) is 7.05 Å². The number of para-hydroxylation sites is 1. The van der Waals surface area contributed by atoms with Crippen molar-refractivity contribution >= 4 is 11.0 Å². The number of fused-ring (bicyclic) bond motifs is 1.